The highest BCUT2D eigenvalue weighted by Gasteiger charge is 2.52. The van der Waals surface area contributed by atoms with Crippen molar-refractivity contribution >= 4 is 18.1 Å². The molecule has 3 amide bonds. The number of carboxylic acid groups (broad SMARTS) is 1. The first kappa shape index (κ1) is 13.9. The smallest absolute Gasteiger partial charge is 0.419 e. The van der Waals surface area contributed by atoms with Crippen LogP contribution in [0, 0.1) is 0 Å². The third-order valence-electron chi connectivity index (χ3n) is 3.13. The zero-order chi connectivity index (χ0) is 14.8. The molecule has 0 aromatic heterocycles. The normalized spacial score (nSPS) is 21.4. The number of carboxylic acids is 1. The summed E-state index contributed by atoms with van der Waals surface area (Å²) in [6, 6.07) is 8.13. The molecule has 0 radical (unpaired) electrons. The molecule has 0 spiro atoms. The van der Waals surface area contributed by atoms with E-state index in [2.05, 4.69) is 5.32 Å². The number of hydrogen-bond donors (Lipinski definition) is 2. The topological polar surface area (TPSA) is 95.9 Å². The van der Waals surface area contributed by atoms with E-state index in [0.717, 1.165) is 5.56 Å². The van der Waals surface area contributed by atoms with Gasteiger partial charge in [0.1, 0.15) is 6.61 Å². The Labute approximate surface area is 115 Å². The Bertz CT molecular complexity index is 545. The fraction of sp³-hybridized carbons (Fsp3) is 0.308. The van der Waals surface area contributed by atoms with Gasteiger partial charge in [-0.3, -0.25) is 0 Å². The second-order valence-corrected chi connectivity index (χ2v) is 4.61. The molecule has 1 aromatic rings. The second-order valence-electron chi connectivity index (χ2n) is 4.61. The van der Waals surface area contributed by atoms with Crippen molar-refractivity contribution < 1.29 is 24.2 Å². The number of benzene rings is 1. The molecule has 1 aliphatic rings. The third kappa shape index (κ3) is 2.42. The predicted octanol–water partition coefficient (Wildman–Crippen LogP) is 1.19. The van der Waals surface area contributed by atoms with Crippen molar-refractivity contribution in [1.29, 1.82) is 0 Å². The number of aliphatic carboxylic acids is 1. The molecule has 1 aromatic carbocycles. The Hall–Kier alpha value is -2.57. The average molecular weight is 278 g/mol. The molecule has 106 valence electrons. The van der Waals surface area contributed by atoms with E-state index < -0.39 is 23.6 Å². The van der Waals surface area contributed by atoms with Crippen LogP contribution in [0.3, 0.4) is 0 Å². The van der Waals surface area contributed by atoms with Crippen LogP contribution in [0.25, 0.3) is 0 Å². The lowest BCUT2D eigenvalue weighted by atomic mass is 10.0. The van der Waals surface area contributed by atoms with Crippen LogP contribution in [0.4, 0.5) is 9.59 Å². The molecule has 0 bridgehead atoms. The van der Waals surface area contributed by atoms with Crippen molar-refractivity contribution in [3.63, 3.8) is 0 Å². The highest BCUT2D eigenvalue weighted by Crippen LogP contribution is 2.22. The van der Waals surface area contributed by atoms with Gasteiger partial charge in [-0.1, -0.05) is 30.3 Å². The number of ether oxygens (including phenoxy) is 1. The molecule has 0 aliphatic carbocycles. The SMILES string of the molecule is C[C@@]1(C(=O)O)CNC(=O)N1C(=O)OCc1ccccc1. The molecule has 2 N–H and O–H groups in total. The van der Waals surface area contributed by atoms with Crippen LogP contribution < -0.4 is 5.32 Å². The van der Waals surface area contributed by atoms with Gasteiger partial charge >= 0.3 is 18.1 Å². The van der Waals surface area contributed by atoms with E-state index in [1.54, 1.807) is 24.3 Å². The zero-order valence-electron chi connectivity index (χ0n) is 10.8. The first-order valence-electron chi connectivity index (χ1n) is 5.97. The van der Waals surface area contributed by atoms with E-state index in [4.69, 9.17) is 9.84 Å². The van der Waals surface area contributed by atoms with Crippen LogP contribution in [0.1, 0.15) is 12.5 Å². The number of nitrogens with one attached hydrogen (secondary N) is 1. The van der Waals surface area contributed by atoms with Gasteiger partial charge in [-0.2, -0.15) is 0 Å². The summed E-state index contributed by atoms with van der Waals surface area (Å²) in [5, 5.41) is 11.5. The van der Waals surface area contributed by atoms with E-state index in [1.807, 2.05) is 6.07 Å². The molecule has 1 saturated heterocycles. The van der Waals surface area contributed by atoms with Gasteiger partial charge in [-0.05, 0) is 12.5 Å². The van der Waals surface area contributed by atoms with Crippen molar-refractivity contribution in [1.82, 2.24) is 10.2 Å². The second kappa shape index (κ2) is 5.20. The lowest BCUT2D eigenvalue weighted by molar-refractivity contribution is -0.146. The van der Waals surface area contributed by atoms with Crippen molar-refractivity contribution in [3.8, 4) is 0 Å². The monoisotopic (exact) mass is 278 g/mol. The lowest BCUT2D eigenvalue weighted by Gasteiger charge is -2.26. The number of imide groups is 1. The summed E-state index contributed by atoms with van der Waals surface area (Å²) in [4.78, 5) is 35.3. The first-order valence-corrected chi connectivity index (χ1v) is 5.97. The Morgan fingerprint density at radius 3 is 2.65 bits per heavy atom. The first-order chi connectivity index (χ1) is 9.45. The van der Waals surface area contributed by atoms with Gasteiger partial charge in [0.2, 0.25) is 0 Å². The predicted molar refractivity (Wildman–Crippen MR) is 67.9 cm³/mol. The maximum absolute atomic E-state index is 11.9. The van der Waals surface area contributed by atoms with Crippen molar-refractivity contribution in [2.45, 2.75) is 19.1 Å². The minimum absolute atomic E-state index is 0.0286. The maximum atomic E-state index is 11.9. The number of nitrogens with zero attached hydrogens (tertiary/aromatic N) is 1. The van der Waals surface area contributed by atoms with Gasteiger partial charge in [-0.25, -0.2) is 19.3 Å². The van der Waals surface area contributed by atoms with Gasteiger partial charge in [-0.15, -0.1) is 0 Å². The van der Waals surface area contributed by atoms with Crippen molar-refractivity contribution in [3.05, 3.63) is 35.9 Å². The number of carbonyl (C=O) groups excluding carboxylic acids is 2. The fourth-order valence-corrected chi connectivity index (χ4v) is 1.87. The summed E-state index contributed by atoms with van der Waals surface area (Å²) >= 11 is 0. The van der Waals surface area contributed by atoms with Gasteiger partial charge in [0.15, 0.2) is 5.54 Å². The van der Waals surface area contributed by atoms with Crippen LogP contribution in [0.15, 0.2) is 30.3 Å². The van der Waals surface area contributed by atoms with E-state index in [-0.39, 0.29) is 13.2 Å². The number of rotatable bonds is 3. The molecule has 2 rings (SSSR count). The Morgan fingerprint density at radius 2 is 2.05 bits per heavy atom. The third-order valence-corrected chi connectivity index (χ3v) is 3.13. The highest BCUT2D eigenvalue weighted by atomic mass is 16.6. The molecule has 7 nitrogen and oxygen atoms in total. The van der Waals surface area contributed by atoms with Gasteiger partial charge in [0, 0.05) is 0 Å². The average Bonchev–Trinajstić information content (AvgIpc) is 2.74. The molecule has 20 heavy (non-hydrogen) atoms. The molecule has 0 unspecified atom stereocenters. The molecule has 1 atom stereocenters. The van der Waals surface area contributed by atoms with Crippen LogP contribution >= 0.6 is 0 Å². The molecule has 0 saturated carbocycles. The van der Waals surface area contributed by atoms with E-state index >= 15 is 0 Å². The lowest BCUT2D eigenvalue weighted by Crippen LogP contribution is -2.53. The van der Waals surface area contributed by atoms with Crippen LogP contribution in [0.2, 0.25) is 0 Å². The Kier molecular flexibility index (Phi) is 3.60. The molecule has 1 heterocycles. The molecular weight excluding hydrogens is 264 g/mol. The summed E-state index contributed by atoms with van der Waals surface area (Å²) in [5.41, 5.74) is -0.886. The van der Waals surface area contributed by atoms with E-state index in [9.17, 15) is 14.4 Å². The quantitative estimate of drug-likeness (QED) is 0.865. The fourth-order valence-electron chi connectivity index (χ4n) is 1.87. The molecule has 1 fully saturated rings. The standard InChI is InChI=1S/C13H14N2O5/c1-13(10(16)17)8-14-11(18)15(13)12(19)20-7-9-5-3-2-4-6-9/h2-6H,7-8H2,1H3,(H,14,18)(H,16,17)/t13-/m0/s1. The van der Waals surface area contributed by atoms with Crippen LogP contribution in [0.5, 0.6) is 0 Å². The highest BCUT2D eigenvalue weighted by molar-refractivity contribution is 6.00. The van der Waals surface area contributed by atoms with Gasteiger partial charge in [0.05, 0.1) is 6.54 Å². The Balaban J connectivity index is 2.08. The van der Waals surface area contributed by atoms with Crippen molar-refractivity contribution in [2.24, 2.45) is 0 Å². The summed E-state index contributed by atoms with van der Waals surface area (Å²) in [5.74, 6) is -1.27. The van der Waals surface area contributed by atoms with Crippen LogP contribution in [-0.2, 0) is 16.1 Å². The largest absolute Gasteiger partial charge is 0.479 e. The number of hydrogen-bond acceptors (Lipinski definition) is 4. The van der Waals surface area contributed by atoms with E-state index in [1.165, 1.54) is 6.92 Å². The molecule has 7 heteroatoms. The van der Waals surface area contributed by atoms with Crippen molar-refractivity contribution in [2.75, 3.05) is 6.54 Å². The number of urea groups is 1. The van der Waals surface area contributed by atoms with E-state index in [0.29, 0.717) is 4.90 Å². The summed E-state index contributed by atoms with van der Waals surface area (Å²) < 4.78 is 4.99. The molecular formula is C13H14N2O5. The van der Waals surface area contributed by atoms with Crippen LogP contribution in [-0.4, -0.2) is 40.2 Å². The number of carbonyl (C=O) groups is 3. The van der Waals surface area contributed by atoms with Gasteiger partial charge in [0.25, 0.3) is 0 Å². The minimum atomic E-state index is -1.63. The molecule has 1 aliphatic heterocycles. The summed E-state index contributed by atoms with van der Waals surface area (Å²) in [6.45, 7) is 1.11. The zero-order valence-corrected chi connectivity index (χ0v) is 10.8. The summed E-state index contributed by atoms with van der Waals surface area (Å²) in [7, 11) is 0. The maximum Gasteiger partial charge on any atom is 0.419 e. The Morgan fingerprint density at radius 1 is 1.40 bits per heavy atom. The van der Waals surface area contributed by atoms with Gasteiger partial charge < -0.3 is 15.2 Å². The summed E-state index contributed by atoms with van der Waals surface area (Å²) in [6.07, 6.45) is -0.978. The minimum Gasteiger partial charge on any atom is -0.479 e. The number of amides is 3.